The van der Waals surface area contributed by atoms with E-state index in [1.807, 2.05) is 18.2 Å². The van der Waals surface area contributed by atoms with E-state index in [0.29, 0.717) is 0 Å². The minimum atomic E-state index is -0.394. The predicted octanol–water partition coefficient (Wildman–Crippen LogP) is 2.25. The van der Waals surface area contributed by atoms with E-state index in [-0.39, 0.29) is 6.79 Å². The SMILES string of the molecule is CCCC(O)c1ccc2c(c1)OCO2. The van der Waals surface area contributed by atoms with E-state index in [1.54, 1.807) is 0 Å². The molecule has 2 rings (SSSR count). The van der Waals surface area contributed by atoms with E-state index >= 15 is 0 Å². The van der Waals surface area contributed by atoms with Gasteiger partial charge in [-0.3, -0.25) is 0 Å². The molecule has 1 atom stereocenters. The molecule has 0 aromatic heterocycles. The molecule has 3 nitrogen and oxygen atoms in total. The molecule has 1 aliphatic heterocycles. The molecule has 0 amide bonds. The third-order valence-electron chi connectivity index (χ3n) is 2.34. The Labute approximate surface area is 83.3 Å². The molecule has 1 N–H and O–H groups in total. The summed E-state index contributed by atoms with van der Waals surface area (Å²) in [6, 6.07) is 5.58. The van der Waals surface area contributed by atoms with E-state index in [4.69, 9.17) is 9.47 Å². The Balaban J connectivity index is 2.19. The number of benzene rings is 1. The van der Waals surface area contributed by atoms with Crippen molar-refractivity contribution >= 4 is 0 Å². The average molecular weight is 194 g/mol. The fourth-order valence-corrected chi connectivity index (χ4v) is 1.56. The van der Waals surface area contributed by atoms with Crippen LogP contribution in [-0.4, -0.2) is 11.9 Å². The van der Waals surface area contributed by atoms with Gasteiger partial charge in [0.2, 0.25) is 6.79 Å². The zero-order chi connectivity index (χ0) is 9.97. The summed E-state index contributed by atoms with van der Waals surface area (Å²) in [6.45, 7) is 2.33. The van der Waals surface area contributed by atoms with E-state index < -0.39 is 6.10 Å². The van der Waals surface area contributed by atoms with Crippen molar-refractivity contribution in [3.8, 4) is 11.5 Å². The van der Waals surface area contributed by atoms with Crippen LogP contribution in [0.4, 0.5) is 0 Å². The molecule has 1 aromatic carbocycles. The van der Waals surface area contributed by atoms with Gasteiger partial charge in [-0.15, -0.1) is 0 Å². The molecule has 1 aromatic rings. The number of fused-ring (bicyclic) bond motifs is 1. The summed E-state index contributed by atoms with van der Waals surface area (Å²) < 4.78 is 10.4. The fourth-order valence-electron chi connectivity index (χ4n) is 1.56. The molecular formula is C11H14O3. The van der Waals surface area contributed by atoms with Gasteiger partial charge >= 0.3 is 0 Å². The molecule has 0 radical (unpaired) electrons. The van der Waals surface area contributed by atoms with Gasteiger partial charge in [-0.2, -0.15) is 0 Å². The van der Waals surface area contributed by atoms with Gasteiger partial charge in [0.1, 0.15) is 0 Å². The summed E-state index contributed by atoms with van der Waals surface area (Å²) in [6.07, 6.45) is 1.35. The van der Waals surface area contributed by atoms with Crippen LogP contribution in [0.1, 0.15) is 31.4 Å². The maximum Gasteiger partial charge on any atom is 0.231 e. The van der Waals surface area contributed by atoms with Crippen LogP contribution in [0, 0.1) is 0 Å². The molecule has 0 aliphatic carbocycles. The third-order valence-corrected chi connectivity index (χ3v) is 2.34. The lowest BCUT2D eigenvalue weighted by Gasteiger charge is -2.09. The lowest BCUT2D eigenvalue weighted by Crippen LogP contribution is -1.96. The molecule has 0 fully saturated rings. The summed E-state index contributed by atoms with van der Waals surface area (Å²) in [7, 11) is 0. The average Bonchev–Trinajstić information content (AvgIpc) is 2.64. The predicted molar refractivity (Wildman–Crippen MR) is 52.4 cm³/mol. The number of hydrogen-bond acceptors (Lipinski definition) is 3. The number of ether oxygens (including phenoxy) is 2. The molecular weight excluding hydrogens is 180 g/mol. The van der Waals surface area contributed by atoms with Crippen molar-refractivity contribution in [2.45, 2.75) is 25.9 Å². The molecule has 1 unspecified atom stereocenters. The number of aliphatic hydroxyl groups excluding tert-OH is 1. The van der Waals surface area contributed by atoms with E-state index in [1.165, 1.54) is 0 Å². The highest BCUT2D eigenvalue weighted by Gasteiger charge is 2.15. The summed E-state index contributed by atoms with van der Waals surface area (Å²) in [5.41, 5.74) is 0.899. The zero-order valence-corrected chi connectivity index (χ0v) is 8.19. The van der Waals surface area contributed by atoms with Gasteiger partial charge < -0.3 is 14.6 Å². The maximum atomic E-state index is 9.76. The van der Waals surface area contributed by atoms with Crippen molar-refractivity contribution in [1.29, 1.82) is 0 Å². The molecule has 0 bridgehead atoms. The highest BCUT2D eigenvalue weighted by molar-refractivity contribution is 5.44. The number of aliphatic hydroxyl groups is 1. The Hall–Kier alpha value is -1.22. The summed E-state index contributed by atoms with van der Waals surface area (Å²) in [4.78, 5) is 0. The van der Waals surface area contributed by atoms with Gasteiger partial charge in [-0.25, -0.2) is 0 Å². The molecule has 0 saturated heterocycles. The van der Waals surface area contributed by atoms with Gasteiger partial charge in [0.25, 0.3) is 0 Å². The molecule has 3 heteroatoms. The van der Waals surface area contributed by atoms with Crippen LogP contribution in [0.3, 0.4) is 0 Å². The highest BCUT2D eigenvalue weighted by atomic mass is 16.7. The normalized spacial score (nSPS) is 15.6. The van der Waals surface area contributed by atoms with Gasteiger partial charge in [0.15, 0.2) is 11.5 Å². The molecule has 76 valence electrons. The van der Waals surface area contributed by atoms with Crippen LogP contribution < -0.4 is 9.47 Å². The van der Waals surface area contributed by atoms with Crippen molar-refractivity contribution in [1.82, 2.24) is 0 Å². The van der Waals surface area contributed by atoms with Gasteiger partial charge in [-0.1, -0.05) is 19.4 Å². The first-order valence-electron chi connectivity index (χ1n) is 4.89. The van der Waals surface area contributed by atoms with Crippen molar-refractivity contribution < 1.29 is 14.6 Å². The molecule has 14 heavy (non-hydrogen) atoms. The summed E-state index contributed by atoms with van der Waals surface area (Å²) in [5, 5.41) is 9.76. The standard InChI is InChI=1S/C11H14O3/c1-2-3-9(12)8-4-5-10-11(6-8)14-7-13-10/h4-6,9,12H,2-3,7H2,1H3. The lowest BCUT2D eigenvalue weighted by atomic mass is 10.0. The van der Waals surface area contributed by atoms with Crippen molar-refractivity contribution in [2.24, 2.45) is 0 Å². The largest absolute Gasteiger partial charge is 0.454 e. The minimum Gasteiger partial charge on any atom is -0.454 e. The van der Waals surface area contributed by atoms with Crippen LogP contribution >= 0.6 is 0 Å². The number of rotatable bonds is 3. The van der Waals surface area contributed by atoms with Gasteiger partial charge in [0, 0.05) is 0 Å². The Morgan fingerprint density at radius 2 is 2.14 bits per heavy atom. The van der Waals surface area contributed by atoms with Crippen molar-refractivity contribution in [3.63, 3.8) is 0 Å². The zero-order valence-electron chi connectivity index (χ0n) is 8.19. The first-order chi connectivity index (χ1) is 6.81. The van der Waals surface area contributed by atoms with Crippen LogP contribution in [0.25, 0.3) is 0 Å². The second-order valence-corrected chi connectivity index (χ2v) is 3.42. The maximum absolute atomic E-state index is 9.76. The Morgan fingerprint density at radius 3 is 2.93 bits per heavy atom. The fraction of sp³-hybridized carbons (Fsp3) is 0.455. The van der Waals surface area contributed by atoms with Crippen LogP contribution in [0.15, 0.2) is 18.2 Å². The quantitative estimate of drug-likeness (QED) is 0.802. The van der Waals surface area contributed by atoms with Gasteiger partial charge in [-0.05, 0) is 24.1 Å². The van der Waals surface area contributed by atoms with E-state index in [9.17, 15) is 5.11 Å². The van der Waals surface area contributed by atoms with E-state index in [0.717, 1.165) is 29.9 Å². The second-order valence-electron chi connectivity index (χ2n) is 3.42. The number of hydrogen-bond donors (Lipinski definition) is 1. The van der Waals surface area contributed by atoms with E-state index in [2.05, 4.69) is 6.92 Å². The topological polar surface area (TPSA) is 38.7 Å². The first-order valence-corrected chi connectivity index (χ1v) is 4.89. The first kappa shape index (κ1) is 9.34. The second kappa shape index (κ2) is 3.88. The molecule has 0 saturated carbocycles. The van der Waals surface area contributed by atoms with Crippen LogP contribution in [0.5, 0.6) is 11.5 Å². The van der Waals surface area contributed by atoms with Crippen LogP contribution in [0.2, 0.25) is 0 Å². The Bertz CT molecular complexity index is 322. The Kier molecular flexibility index (Phi) is 2.59. The van der Waals surface area contributed by atoms with Crippen molar-refractivity contribution in [2.75, 3.05) is 6.79 Å². The van der Waals surface area contributed by atoms with Crippen LogP contribution in [-0.2, 0) is 0 Å². The third kappa shape index (κ3) is 1.68. The van der Waals surface area contributed by atoms with Crippen molar-refractivity contribution in [3.05, 3.63) is 23.8 Å². The lowest BCUT2D eigenvalue weighted by molar-refractivity contribution is 0.164. The monoisotopic (exact) mass is 194 g/mol. The minimum absolute atomic E-state index is 0.280. The molecule has 1 aliphatic rings. The molecule has 0 spiro atoms. The summed E-state index contributed by atoms with van der Waals surface area (Å²) >= 11 is 0. The van der Waals surface area contributed by atoms with Gasteiger partial charge in [0.05, 0.1) is 6.10 Å². The Morgan fingerprint density at radius 1 is 1.36 bits per heavy atom. The smallest absolute Gasteiger partial charge is 0.231 e. The summed E-state index contributed by atoms with van der Waals surface area (Å²) in [5.74, 6) is 1.50. The highest BCUT2D eigenvalue weighted by Crippen LogP contribution is 2.34. The molecule has 1 heterocycles.